The summed E-state index contributed by atoms with van der Waals surface area (Å²) < 4.78 is 11.0. The van der Waals surface area contributed by atoms with E-state index in [0.29, 0.717) is 28.8 Å². The predicted octanol–water partition coefficient (Wildman–Crippen LogP) is 3.48. The van der Waals surface area contributed by atoms with Gasteiger partial charge in [-0.25, -0.2) is 0 Å². The minimum absolute atomic E-state index is 0.136. The lowest BCUT2D eigenvalue weighted by molar-refractivity contribution is -0.385. The summed E-state index contributed by atoms with van der Waals surface area (Å²) in [5, 5.41) is 24.6. The fraction of sp³-hybridized carbons (Fsp3) is 0.273. The van der Waals surface area contributed by atoms with Gasteiger partial charge in [-0.15, -0.1) is 10.2 Å². The number of aromatic nitrogens is 2. The summed E-state index contributed by atoms with van der Waals surface area (Å²) in [7, 11) is 3.14. The van der Waals surface area contributed by atoms with Gasteiger partial charge in [0.15, 0.2) is 15.8 Å². The molecule has 11 nitrogen and oxygen atoms in total. The van der Waals surface area contributed by atoms with E-state index >= 15 is 0 Å². The summed E-state index contributed by atoms with van der Waals surface area (Å²) in [6.07, 6.45) is 0.628. The number of nitrogens with zero attached hydrogens (tertiary/aromatic N) is 3. The van der Waals surface area contributed by atoms with Crippen molar-refractivity contribution < 1.29 is 24.0 Å². The maximum Gasteiger partial charge on any atom is 0.273 e. The van der Waals surface area contributed by atoms with Crippen LogP contribution in [0.3, 0.4) is 0 Å². The maximum absolute atomic E-state index is 12.5. The van der Waals surface area contributed by atoms with Gasteiger partial charge in [0.1, 0.15) is 0 Å². The van der Waals surface area contributed by atoms with E-state index in [1.807, 2.05) is 18.2 Å². The summed E-state index contributed by atoms with van der Waals surface area (Å²) in [6.45, 7) is 1.97. The smallest absolute Gasteiger partial charge is 0.273 e. The Labute approximate surface area is 209 Å². The van der Waals surface area contributed by atoms with Gasteiger partial charge in [0.2, 0.25) is 11.0 Å². The second-order valence-electron chi connectivity index (χ2n) is 7.11. The number of amides is 2. The highest BCUT2D eigenvalue weighted by atomic mass is 32.2. The number of nitro groups is 1. The third-order valence-electron chi connectivity index (χ3n) is 4.88. The van der Waals surface area contributed by atoms with E-state index in [1.54, 1.807) is 14.2 Å². The molecule has 0 fully saturated rings. The molecule has 0 atom stereocenters. The summed E-state index contributed by atoms with van der Waals surface area (Å²) in [4.78, 5) is 35.2. The van der Waals surface area contributed by atoms with Gasteiger partial charge in [0.25, 0.3) is 11.6 Å². The summed E-state index contributed by atoms with van der Waals surface area (Å²) in [5.74, 6) is 0.727. The van der Waals surface area contributed by atoms with Crippen LogP contribution < -0.4 is 20.1 Å². The number of benzene rings is 2. The Hall–Kier alpha value is -3.71. The molecule has 0 bridgehead atoms. The van der Waals surface area contributed by atoms with E-state index in [9.17, 15) is 19.7 Å². The van der Waals surface area contributed by atoms with Crippen LogP contribution in [0.2, 0.25) is 0 Å². The fourth-order valence-electron chi connectivity index (χ4n) is 3.11. The van der Waals surface area contributed by atoms with Crippen molar-refractivity contribution in [2.45, 2.75) is 17.7 Å². The van der Waals surface area contributed by atoms with Gasteiger partial charge < -0.3 is 14.8 Å². The van der Waals surface area contributed by atoms with Gasteiger partial charge in [-0.2, -0.15) is 0 Å². The highest BCUT2D eigenvalue weighted by Gasteiger charge is 2.19. The van der Waals surface area contributed by atoms with Gasteiger partial charge in [0, 0.05) is 23.7 Å². The van der Waals surface area contributed by atoms with Crippen LogP contribution in [0.5, 0.6) is 11.5 Å². The Balaban J connectivity index is 1.46. The predicted molar refractivity (Wildman–Crippen MR) is 133 cm³/mol. The Morgan fingerprint density at radius 2 is 1.91 bits per heavy atom. The van der Waals surface area contributed by atoms with Gasteiger partial charge in [0.05, 0.1) is 24.9 Å². The third kappa shape index (κ3) is 6.90. The van der Waals surface area contributed by atoms with Crippen molar-refractivity contribution >= 4 is 45.7 Å². The number of hydrogen-bond acceptors (Lipinski definition) is 10. The number of thioether (sulfide) groups is 1. The average Bonchev–Trinajstić information content (AvgIpc) is 3.29. The maximum atomic E-state index is 12.5. The first-order valence-electron chi connectivity index (χ1n) is 10.3. The zero-order chi connectivity index (χ0) is 25.4. The van der Waals surface area contributed by atoms with E-state index in [0.717, 1.165) is 16.9 Å². The molecule has 0 saturated carbocycles. The average molecular weight is 518 g/mol. The van der Waals surface area contributed by atoms with Crippen LogP contribution in [0.25, 0.3) is 0 Å². The molecule has 3 aromatic rings. The minimum atomic E-state index is -0.537. The number of carbonyl (C=O) groups excluding carboxylic acids is 2. The molecule has 0 aliphatic carbocycles. The standard InChI is InChI=1S/C22H23N5O6S2/c1-13-15(5-4-6-16(13)27(30)31)20(29)24-21-25-26-22(35-21)34-12-19(28)23-10-9-14-7-8-17(32-2)18(11-14)33-3/h4-8,11H,9-10,12H2,1-3H3,(H,23,28)(H,24,25,29). The molecular formula is C22H23N5O6S2. The highest BCUT2D eigenvalue weighted by molar-refractivity contribution is 8.01. The van der Waals surface area contributed by atoms with E-state index in [4.69, 9.17) is 9.47 Å². The van der Waals surface area contributed by atoms with Gasteiger partial charge >= 0.3 is 0 Å². The van der Waals surface area contributed by atoms with E-state index in [1.165, 1.54) is 36.9 Å². The third-order valence-corrected chi connectivity index (χ3v) is 6.86. The first-order valence-corrected chi connectivity index (χ1v) is 12.1. The van der Waals surface area contributed by atoms with Crippen LogP contribution in [0.1, 0.15) is 21.5 Å². The van der Waals surface area contributed by atoms with Gasteiger partial charge in [-0.05, 0) is 37.1 Å². The molecule has 2 N–H and O–H groups in total. The largest absolute Gasteiger partial charge is 0.493 e. The lowest BCUT2D eigenvalue weighted by atomic mass is 10.1. The fourth-order valence-corrected chi connectivity index (χ4v) is 4.69. The number of hydrogen-bond donors (Lipinski definition) is 2. The molecule has 2 aromatic carbocycles. The zero-order valence-corrected chi connectivity index (χ0v) is 20.8. The molecule has 0 saturated heterocycles. The van der Waals surface area contributed by atoms with Crippen LogP contribution >= 0.6 is 23.1 Å². The second-order valence-corrected chi connectivity index (χ2v) is 9.31. The number of nitrogens with one attached hydrogen (secondary N) is 2. The normalized spacial score (nSPS) is 10.5. The number of ether oxygens (including phenoxy) is 2. The molecule has 0 spiro atoms. The van der Waals surface area contributed by atoms with Crippen LogP contribution in [0, 0.1) is 17.0 Å². The van der Waals surface area contributed by atoms with E-state index < -0.39 is 10.8 Å². The van der Waals surface area contributed by atoms with Crippen LogP contribution in [-0.4, -0.2) is 53.5 Å². The number of nitro benzene ring substituents is 1. The quantitative estimate of drug-likeness (QED) is 0.169. The minimum Gasteiger partial charge on any atom is -0.493 e. The Kier molecular flexibility index (Phi) is 8.98. The Bertz CT molecular complexity index is 1230. The molecule has 184 valence electrons. The Morgan fingerprint density at radius 3 is 2.63 bits per heavy atom. The lowest BCUT2D eigenvalue weighted by Gasteiger charge is -2.10. The van der Waals surface area contributed by atoms with Crippen LogP contribution in [0.4, 0.5) is 10.8 Å². The monoisotopic (exact) mass is 517 g/mol. The van der Waals surface area contributed by atoms with Crippen molar-refractivity contribution in [3.8, 4) is 11.5 Å². The van der Waals surface area contributed by atoms with E-state index in [2.05, 4.69) is 20.8 Å². The van der Waals surface area contributed by atoms with Gasteiger partial charge in [-0.3, -0.25) is 25.0 Å². The molecule has 0 aliphatic rings. The van der Waals surface area contributed by atoms with Crippen molar-refractivity contribution in [2.24, 2.45) is 0 Å². The molecule has 0 unspecified atom stereocenters. The lowest BCUT2D eigenvalue weighted by Crippen LogP contribution is -2.27. The topological polar surface area (TPSA) is 146 Å². The summed E-state index contributed by atoms with van der Waals surface area (Å²) >= 11 is 2.31. The molecule has 1 aromatic heterocycles. The molecule has 35 heavy (non-hydrogen) atoms. The molecule has 1 heterocycles. The second kappa shape index (κ2) is 12.1. The molecule has 13 heteroatoms. The molecule has 2 amide bonds. The van der Waals surface area contributed by atoms with Crippen molar-refractivity contribution in [3.63, 3.8) is 0 Å². The molecule has 0 aliphatic heterocycles. The SMILES string of the molecule is COc1ccc(CCNC(=O)CSc2nnc(NC(=O)c3cccc([N+](=O)[O-])c3C)s2)cc1OC. The molecule has 0 radical (unpaired) electrons. The number of rotatable bonds is 11. The molecule has 3 rings (SSSR count). The van der Waals surface area contributed by atoms with Crippen molar-refractivity contribution in [1.82, 2.24) is 15.5 Å². The summed E-state index contributed by atoms with van der Waals surface area (Å²) in [5.41, 5.74) is 1.30. The van der Waals surface area contributed by atoms with Crippen molar-refractivity contribution in [3.05, 3.63) is 63.2 Å². The van der Waals surface area contributed by atoms with Gasteiger partial charge in [-0.1, -0.05) is 35.2 Å². The van der Waals surface area contributed by atoms with E-state index in [-0.39, 0.29) is 33.6 Å². The van der Waals surface area contributed by atoms with Crippen molar-refractivity contribution in [2.75, 3.05) is 31.8 Å². The highest BCUT2D eigenvalue weighted by Crippen LogP contribution is 2.28. The van der Waals surface area contributed by atoms with Crippen LogP contribution in [-0.2, 0) is 11.2 Å². The number of carbonyl (C=O) groups is 2. The summed E-state index contributed by atoms with van der Waals surface area (Å²) in [6, 6.07) is 9.88. The van der Waals surface area contributed by atoms with Crippen molar-refractivity contribution in [1.29, 1.82) is 0 Å². The first-order chi connectivity index (χ1) is 16.8. The first kappa shape index (κ1) is 25.9. The molecular weight excluding hydrogens is 494 g/mol. The van der Waals surface area contributed by atoms with Crippen LogP contribution in [0.15, 0.2) is 40.7 Å². The number of anilines is 1. The number of methoxy groups -OCH3 is 2. The Morgan fingerprint density at radius 1 is 1.14 bits per heavy atom. The zero-order valence-electron chi connectivity index (χ0n) is 19.2.